The quantitative estimate of drug-likeness (QED) is 0.784. The van der Waals surface area contributed by atoms with Crippen molar-refractivity contribution in [1.82, 2.24) is 4.90 Å². The van der Waals surface area contributed by atoms with Crippen LogP contribution < -0.4 is 0 Å². The summed E-state index contributed by atoms with van der Waals surface area (Å²) < 4.78 is 18.9. The number of nitrogens with zero attached hydrogens (tertiary/aromatic N) is 1. The summed E-state index contributed by atoms with van der Waals surface area (Å²) in [7, 11) is 1.69. The van der Waals surface area contributed by atoms with E-state index in [9.17, 15) is 4.39 Å². The van der Waals surface area contributed by atoms with E-state index in [1.165, 1.54) is 6.07 Å². The Bertz CT molecular complexity index is 493. The average molecular weight is 293 g/mol. The number of halogens is 1. The van der Waals surface area contributed by atoms with Gasteiger partial charge < -0.3 is 9.84 Å². The first-order chi connectivity index (χ1) is 10.1. The number of aliphatic hydroxyl groups is 1. The van der Waals surface area contributed by atoms with Gasteiger partial charge in [0.2, 0.25) is 0 Å². The van der Waals surface area contributed by atoms with Gasteiger partial charge in [-0.2, -0.15) is 0 Å². The van der Waals surface area contributed by atoms with Gasteiger partial charge in [0.05, 0.1) is 18.8 Å². The Morgan fingerprint density at radius 1 is 1.43 bits per heavy atom. The maximum absolute atomic E-state index is 13.7. The largest absolute Gasteiger partial charge is 0.395 e. The monoisotopic (exact) mass is 293 g/mol. The van der Waals surface area contributed by atoms with E-state index in [4.69, 9.17) is 9.84 Å². The minimum absolute atomic E-state index is 0.00749. The summed E-state index contributed by atoms with van der Waals surface area (Å²) in [4.78, 5) is 2.27. The van der Waals surface area contributed by atoms with Crippen LogP contribution in [0.15, 0.2) is 18.2 Å². The molecule has 4 heteroatoms. The van der Waals surface area contributed by atoms with Crippen LogP contribution in [0.25, 0.3) is 0 Å². The van der Waals surface area contributed by atoms with Crippen molar-refractivity contribution in [1.29, 1.82) is 0 Å². The zero-order valence-corrected chi connectivity index (χ0v) is 13.0. The van der Waals surface area contributed by atoms with Gasteiger partial charge in [-0.15, -0.1) is 0 Å². The fraction of sp³-hybridized carbons (Fsp3) is 0.529. The van der Waals surface area contributed by atoms with Crippen molar-refractivity contribution >= 4 is 0 Å². The van der Waals surface area contributed by atoms with Gasteiger partial charge in [-0.1, -0.05) is 24.8 Å². The van der Waals surface area contributed by atoms with Crippen molar-refractivity contribution < 1.29 is 14.2 Å². The van der Waals surface area contributed by atoms with Crippen molar-refractivity contribution in [3.8, 4) is 11.8 Å². The number of methoxy groups -OCH3 is 1. The maximum atomic E-state index is 13.7. The highest BCUT2D eigenvalue weighted by Crippen LogP contribution is 2.13. The number of hydrogen-bond acceptors (Lipinski definition) is 3. The molecule has 1 aromatic carbocycles. The van der Waals surface area contributed by atoms with E-state index >= 15 is 0 Å². The van der Waals surface area contributed by atoms with Crippen LogP contribution in [-0.2, 0) is 11.3 Å². The van der Waals surface area contributed by atoms with E-state index in [-0.39, 0.29) is 12.4 Å². The van der Waals surface area contributed by atoms with Crippen molar-refractivity contribution in [2.45, 2.75) is 32.9 Å². The zero-order valence-electron chi connectivity index (χ0n) is 13.0. The summed E-state index contributed by atoms with van der Waals surface area (Å²) in [6, 6.07) is 5.32. The van der Waals surface area contributed by atoms with Gasteiger partial charge in [0.15, 0.2) is 0 Å². The second kappa shape index (κ2) is 9.51. The lowest BCUT2D eigenvalue weighted by molar-refractivity contribution is 0.0982. The minimum Gasteiger partial charge on any atom is -0.395 e. The Morgan fingerprint density at radius 2 is 2.19 bits per heavy atom. The summed E-state index contributed by atoms with van der Waals surface area (Å²) in [5, 5.41) is 8.72. The molecule has 3 nitrogen and oxygen atoms in total. The van der Waals surface area contributed by atoms with Gasteiger partial charge in [-0.05, 0) is 31.2 Å². The first kappa shape index (κ1) is 17.6. The molecular formula is C17H24FNO2. The second-order valence-corrected chi connectivity index (χ2v) is 4.96. The third-order valence-corrected chi connectivity index (χ3v) is 3.31. The van der Waals surface area contributed by atoms with Crippen LogP contribution >= 0.6 is 0 Å². The molecule has 0 aliphatic rings. The summed E-state index contributed by atoms with van der Waals surface area (Å²) in [5.41, 5.74) is 1.41. The number of rotatable bonds is 7. The second-order valence-electron chi connectivity index (χ2n) is 4.96. The van der Waals surface area contributed by atoms with Crippen LogP contribution in [0, 0.1) is 17.7 Å². The predicted molar refractivity (Wildman–Crippen MR) is 82.4 cm³/mol. The molecular weight excluding hydrogens is 269 g/mol. The van der Waals surface area contributed by atoms with E-state index in [0.29, 0.717) is 24.6 Å². The number of ether oxygens (including phenoxy) is 1. The lowest BCUT2D eigenvalue weighted by atomic mass is 10.1. The van der Waals surface area contributed by atoms with Crippen LogP contribution in [0.4, 0.5) is 4.39 Å². The smallest absolute Gasteiger partial charge is 0.138 e. The van der Waals surface area contributed by atoms with Gasteiger partial charge in [0, 0.05) is 26.1 Å². The van der Waals surface area contributed by atoms with Gasteiger partial charge in [-0.25, -0.2) is 4.39 Å². The predicted octanol–water partition coefficient (Wildman–Crippen LogP) is 2.42. The fourth-order valence-electron chi connectivity index (χ4n) is 2.14. The van der Waals surface area contributed by atoms with Gasteiger partial charge >= 0.3 is 0 Å². The van der Waals surface area contributed by atoms with E-state index < -0.39 is 0 Å². The Labute approximate surface area is 126 Å². The van der Waals surface area contributed by atoms with Gasteiger partial charge in [0.1, 0.15) is 5.82 Å². The molecule has 1 rings (SSSR count). The molecule has 1 unspecified atom stereocenters. The van der Waals surface area contributed by atoms with Crippen LogP contribution in [-0.4, -0.2) is 42.9 Å². The Kier molecular flexibility index (Phi) is 7.99. The molecule has 0 heterocycles. The van der Waals surface area contributed by atoms with E-state index in [0.717, 1.165) is 18.7 Å². The van der Waals surface area contributed by atoms with Crippen LogP contribution in [0.3, 0.4) is 0 Å². The average Bonchev–Trinajstić information content (AvgIpc) is 2.48. The highest BCUT2D eigenvalue weighted by atomic mass is 19.1. The number of likely N-dealkylation sites (N-methyl/N-ethyl adjacent to an activating group) is 1. The normalized spacial score (nSPS) is 12.1. The number of hydrogen-bond donors (Lipinski definition) is 1. The number of benzene rings is 1. The van der Waals surface area contributed by atoms with Crippen LogP contribution in [0.5, 0.6) is 0 Å². The lowest BCUT2D eigenvalue weighted by Gasteiger charge is -2.27. The highest BCUT2D eigenvalue weighted by Gasteiger charge is 2.13. The van der Waals surface area contributed by atoms with E-state index in [2.05, 4.69) is 30.6 Å². The van der Waals surface area contributed by atoms with Crippen molar-refractivity contribution in [3.05, 3.63) is 35.1 Å². The van der Waals surface area contributed by atoms with Crippen molar-refractivity contribution in [3.63, 3.8) is 0 Å². The molecule has 0 aliphatic heterocycles. The standard InChI is InChI=1S/C17H24FNO2/c1-4-19(14(2)13-21-3)12-15-8-9-17(18)16(11-15)7-5-6-10-20/h8-9,11,14,20H,4,6,10,12-13H2,1-3H3. The molecule has 1 aromatic rings. The van der Waals surface area contributed by atoms with E-state index in [1.807, 2.05) is 0 Å². The molecule has 0 radical (unpaired) electrons. The third kappa shape index (κ3) is 5.84. The molecule has 116 valence electrons. The minimum atomic E-state index is -0.322. The first-order valence-electron chi connectivity index (χ1n) is 7.23. The molecule has 21 heavy (non-hydrogen) atoms. The number of aliphatic hydroxyl groups excluding tert-OH is 1. The van der Waals surface area contributed by atoms with E-state index in [1.54, 1.807) is 19.2 Å². The summed E-state index contributed by atoms with van der Waals surface area (Å²) >= 11 is 0. The molecule has 0 aromatic heterocycles. The molecule has 1 N–H and O–H groups in total. The molecule has 0 spiro atoms. The first-order valence-corrected chi connectivity index (χ1v) is 7.23. The van der Waals surface area contributed by atoms with Crippen LogP contribution in [0.1, 0.15) is 31.4 Å². The SMILES string of the molecule is CCN(Cc1ccc(F)c(C#CCCO)c1)C(C)COC. The Hall–Kier alpha value is -1.41. The Morgan fingerprint density at radius 3 is 2.81 bits per heavy atom. The molecule has 1 atom stereocenters. The lowest BCUT2D eigenvalue weighted by Crippen LogP contribution is -2.35. The Balaban J connectivity index is 2.84. The highest BCUT2D eigenvalue weighted by molar-refractivity contribution is 5.38. The molecule has 0 fully saturated rings. The fourth-order valence-corrected chi connectivity index (χ4v) is 2.14. The third-order valence-electron chi connectivity index (χ3n) is 3.31. The van der Waals surface area contributed by atoms with Crippen molar-refractivity contribution in [2.75, 3.05) is 26.9 Å². The van der Waals surface area contributed by atoms with Crippen molar-refractivity contribution in [2.24, 2.45) is 0 Å². The van der Waals surface area contributed by atoms with Gasteiger partial charge in [0.25, 0.3) is 0 Å². The zero-order chi connectivity index (χ0) is 15.7. The molecule has 0 amide bonds. The van der Waals surface area contributed by atoms with Crippen LogP contribution in [0.2, 0.25) is 0 Å². The summed E-state index contributed by atoms with van der Waals surface area (Å²) in [6.45, 7) is 6.49. The molecule has 0 saturated carbocycles. The molecule has 0 aliphatic carbocycles. The summed E-state index contributed by atoms with van der Waals surface area (Å²) in [5.74, 6) is 5.21. The van der Waals surface area contributed by atoms with Gasteiger partial charge in [-0.3, -0.25) is 4.90 Å². The topological polar surface area (TPSA) is 32.7 Å². The molecule has 0 saturated heterocycles. The molecule has 0 bridgehead atoms. The summed E-state index contributed by atoms with van der Waals surface area (Å²) in [6.07, 6.45) is 0.357. The maximum Gasteiger partial charge on any atom is 0.138 e.